The summed E-state index contributed by atoms with van der Waals surface area (Å²) in [6.07, 6.45) is 4.51. The van der Waals surface area contributed by atoms with Crippen molar-refractivity contribution in [2.24, 2.45) is 0 Å². The molecule has 3 heterocycles. The predicted molar refractivity (Wildman–Crippen MR) is 97.1 cm³/mol. The van der Waals surface area contributed by atoms with E-state index in [9.17, 15) is 4.79 Å². The van der Waals surface area contributed by atoms with Gasteiger partial charge in [-0.25, -0.2) is 4.52 Å². The van der Waals surface area contributed by atoms with Gasteiger partial charge in [0.15, 0.2) is 0 Å². The Morgan fingerprint density at radius 2 is 2.00 bits per heavy atom. The van der Waals surface area contributed by atoms with E-state index in [1.807, 2.05) is 35.1 Å². The number of fused-ring (bicyclic) bond motifs is 2. The Bertz CT molecular complexity index is 901. The summed E-state index contributed by atoms with van der Waals surface area (Å²) >= 11 is 0. The van der Waals surface area contributed by atoms with E-state index in [1.54, 1.807) is 0 Å². The van der Waals surface area contributed by atoms with Gasteiger partial charge in [0.05, 0.1) is 17.8 Å². The second-order valence-corrected chi connectivity index (χ2v) is 6.47. The van der Waals surface area contributed by atoms with Gasteiger partial charge in [-0.1, -0.05) is 37.3 Å². The molecule has 5 heteroatoms. The maximum atomic E-state index is 12.8. The highest BCUT2D eigenvalue weighted by Gasteiger charge is 2.30. The number of aromatic nitrogens is 2. The monoisotopic (exact) mass is 334 g/mol. The van der Waals surface area contributed by atoms with E-state index in [1.165, 1.54) is 11.1 Å². The van der Waals surface area contributed by atoms with Crippen molar-refractivity contribution in [3.63, 3.8) is 0 Å². The van der Waals surface area contributed by atoms with Gasteiger partial charge >= 0.3 is 0 Å². The molecule has 0 bridgehead atoms. The van der Waals surface area contributed by atoms with Crippen molar-refractivity contribution >= 4 is 11.4 Å². The molecule has 0 saturated carbocycles. The Hall–Kier alpha value is -2.66. The highest BCUT2D eigenvalue weighted by atomic mass is 16.2. The molecule has 0 saturated heterocycles. The Labute approximate surface area is 147 Å². The standard InChI is InChI=1S/C20H22N4O/c1-2-23-14-16-8-4-3-7-15(16)11-19(23)20(25)21-12-17-13-22-24-10-6-5-9-18(17)24/h3-10,13,19H,2,11-12,14H2,1H3,(H,21,25)/t19-/m0/s1. The van der Waals surface area contributed by atoms with Crippen molar-refractivity contribution in [1.82, 2.24) is 19.8 Å². The molecule has 1 atom stereocenters. The normalized spacial score (nSPS) is 17.4. The van der Waals surface area contributed by atoms with Gasteiger partial charge in [-0.3, -0.25) is 9.69 Å². The summed E-state index contributed by atoms with van der Waals surface area (Å²) in [5.74, 6) is 0.0895. The molecule has 128 valence electrons. The molecular formula is C20H22N4O. The summed E-state index contributed by atoms with van der Waals surface area (Å²) < 4.78 is 1.83. The highest BCUT2D eigenvalue weighted by Crippen LogP contribution is 2.23. The molecule has 0 radical (unpaired) electrons. The Kier molecular flexibility index (Phi) is 4.24. The van der Waals surface area contributed by atoms with Crippen LogP contribution in [0.4, 0.5) is 0 Å². The minimum Gasteiger partial charge on any atom is -0.351 e. The minimum absolute atomic E-state index is 0.0895. The van der Waals surface area contributed by atoms with Crippen molar-refractivity contribution in [1.29, 1.82) is 0 Å². The molecule has 1 aliphatic heterocycles. The van der Waals surface area contributed by atoms with Gasteiger partial charge < -0.3 is 5.32 Å². The van der Waals surface area contributed by atoms with Gasteiger partial charge in [-0.05, 0) is 36.2 Å². The second-order valence-electron chi connectivity index (χ2n) is 6.47. The lowest BCUT2D eigenvalue weighted by molar-refractivity contribution is -0.127. The van der Waals surface area contributed by atoms with Crippen LogP contribution in [0.25, 0.3) is 5.52 Å². The van der Waals surface area contributed by atoms with Gasteiger partial charge in [0, 0.05) is 24.8 Å². The first-order valence-electron chi connectivity index (χ1n) is 8.76. The number of hydrogen-bond acceptors (Lipinski definition) is 3. The average molecular weight is 334 g/mol. The molecule has 0 unspecified atom stereocenters. The molecule has 1 amide bonds. The third-order valence-electron chi connectivity index (χ3n) is 5.01. The van der Waals surface area contributed by atoms with Gasteiger partial charge in [0.1, 0.15) is 0 Å². The van der Waals surface area contributed by atoms with Crippen molar-refractivity contribution in [3.05, 3.63) is 71.5 Å². The van der Waals surface area contributed by atoms with Crippen LogP contribution < -0.4 is 5.32 Å². The fourth-order valence-electron chi connectivity index (χ4n) is 3.59. The van der Waals surface area contributed by atoms with E-state index < -0.39 is 0 Å². The Morgan fingerprint density at radius 1 is 1.20 bits per heavy atom. The molecule has 3 aromatic rings. The van der Waals surface area contributed by atoms with E-state index in [0.29, 0.717) is 6.54 Å². The number of benzene rings is 1. The van der Waals surface area contributed by atoms with Crippen molar-refractivity contribution in [2.75, 3.05) is 6.54 Å². The number of hydrogen-bond donors (Lipinski definition) is 1. The molecule has 0 fully saturated rings. The molecule has 0 aliphatic carbocycles. The van der Waals surface area contributed by atoms with Crippen molar-refractivity contribution in [2.45, 2.75) is 32.5 Å². The summed E-state index contributed by atoms with van der Waals surface area (Å²) in [6, 6.07) is 14.2. The molecule has 1 N–H and O–H groups in total. The van der Waals surface area contributed by atoms with Gasteiger partial charge in [-0.2, -0.15) is 5.10 Å². The number of pyridine rings is 1. The Balaban J connectivity index is 1.49. The third-order valence-corrected chi connectivity index (χ3v) is 5.01. The number of carbonyl (C=O) groups excluding carboxylic acids is 1. The van der Waals surface area contributed by atoms with Crippen LogP contribution in [-0.2, 0) is 24.3 Å². The van der Waals surface area contributed by atoms with Gasteiger partial charge in [-0.15, -0.1) is 0 Å². The SMILES string of the molecule is CCN1Cc2ccccc2C[C@H]1C(=O)NCc1cnn2ccccc12. The quantitative estimate of drug-likeness (QED) is 0.797. The summed E-state index contributed by atoms with van der Waals surface area (Å²) in [7, 11) is 0. The molecular weight excluding hydrogens is 312 g/mol. The number of rotatable bonds is 4. The zero-order chi connectivity index (χ0) is 17.2. The lowest BCUT2D eigenvalue weighted by Gasteiger charge is -2.35. The predicted octanol–water partition coefficient (Wildman–Crippen LogP) is 2.40. The van der Waals surface area contributed by atoms with Gasteiger partial charge in [0.2, 0.25) is 5.91 Å². The first kappa shape index (κ1) is 15.8. The number of amides is 1. The zero-order valence-electron chi connectivity index (χ0n) is 14.4. The van der Waals surface area contributed by atoms with Crippen LogP contribution >= 0.6 is 0 Å². The molecule has 4 rings (SSSR count). The van der Waals surface area contributed by atoms with Crippen LogP contribution in [0.2, 0.25) is 0 Å². The van der Waals surface area contributed by atoms with Crippen LogP contribution in [0.15, 0.2) is 54.9 Å². The summed E-state index contributed by atoms with van der Waals surface area (Å²) in [4.78, 5) is 15.1. The minimum atomic E-state index is -0.110. The fraction of sp³-hybridized carbons (Fsp3) is 0.300. The van der Waals surface area contributed by atoms with E-state index in [-0.39, 0.29) is 11.9 Å². The first-order valence-corrected chi connectivity index (χ1v) is 8.76. The van der Waals surface area contributed by atoms with Crippen LogP contribution in [-0.4, -0.2) is 33.0 Å². The van der Waals surface area contributed by atoms with Gasteiger partial charge in [0.25, 0.3) is 0 Å². The van der Waals surface area contributed by atoms with Crippen molar-refractivity contribution in [3.8, 4) is 0 Å². The summed E-state index contributed by atoms with van der Waals surface area (Å²) in [5, 5.41) is 7.43. The molecule has 2 aromatic heterocycles. The van der Waals surface area contributed by atoms with E-state index in [4.69, 9.17) is 0 Å². The van der Waals surface area contributed by atoms with Crippen LogP contribution in [0, 0.1) is 0 Å². The van der Waals surface area contributed by atoms with E-state index in [0.717, 1.165) is 30.6 Å². The molecule has 1 aliphatic rings. The van der Waals surface area contributed by atoms with Crippen molar-refractivity contribution < 1.29 is 4.79 Å². The lowest BCUT2D eigenvalue weighted by Crippen LogP contribution is -2.49. The van der Waals surface area contributed by atoms with Crippen LogP contribution in [0.1, 0.15) is 23.6 Å². The second kappa shape index (κ2) is 6.69. The fourth-order valence-corrected chi connectivity index (χ4v) is 3.59. The zero-order valence-corrected chi connectivity index (χ0v) is 14.4. The maximum absolute atomic E-state index is 12.8. The average Bonchev–Trinajstić information content (AvgIpc) is 3.08. The summed E-state index contributed by atoms with van der Waals surface area (Å²) in [6.45, 7) is 4.31. The van der Waals surface area contributed by atoms with Crippen LogP contribution in [0.5, 0.6) is 0 Å². The van der Waals surface area contributed by atoms with E-state index >= 15 is 0 Å². The highest BCUT2D eigenvalue weighted by molar-refractivity contribution is 5.82. The number of likely N-dealkylation sites (N-methyl/N-ethyl adjacent to an activating group) is 1. The number of nitrogens with zero attached hydrogens (tertiary/aromatic N) is 3. The molecule has 25 heavy (non-hydrogen) atoms. The largest absolute Gasteiger partial charge is 0.351 e. The number of nitrogens with one attached hydrogen (secondary N) is 1. The topological polar surface area (TPSA) is 49.6 Å². The smallest absolute Gasteiger partial charge is 0.237 e. The third kappa shape index (κ3) is 3.03. The lowest BCUT2D eigenvalue weighted by atomic mass is 9.93. The molecule has 0 spiro atoms. The first-order chi connectivity index (χ1) is 12.3. The van der Waals surface area contributed by atoms with E-state index in [2.05, 4.69) is 46.5 Å². The number of carbonyl (C=O) groups is 1. The molecule has 5 nitrogen and oxygen atoms in total. The summed E-state index contributed by atoms with van der Waals surface area (Å²) in [5.41, 5.74) is 4.68. The Morgan fingerprint density at radius 3 is 2.84 bits per heavy atom. The van der Waals surface area contributed by atoms with Crippen LogP contribution in [0.3, 0.4) is 0 Å². The molecule has 1 aromatic carbocycles. The maximum Gasteiger partial charge on any atom is 0.237 e.